The molecule has 6 heteroatoms. The molecule has 0 radical (unpaired) electrons. The maximum atomic E-state index is 12.1. The molecule has 96 valence electrons. The molecule has 1 saturated heterocycles. The van der Waals surface area contributed by atoms with E-state index in [-0.39, 0.29) is 12.8 Å². The predicted molar refractivity (Wildman–Crippen MR) is 52.2 cm³/mol. The maximum Gasteiger partial charge on any atom is 0.391 e. The lowest BCUT2D eigenvalue weighted by atomic mass is 9.98. The predicted octanol–water partition coefficient (Wildman–Crippen LogP) is 2.99. The van der Waals surface area contributed by atoms with Crippen LogP contribution in [0.25, 0.3) is 0 Å². The Kier molecular flexibility index (Phi) is 5.25. The zero-order valence-corrected chi connectivity index (χ0v) is 9.60. The Morgan fingerprint density at radius 2 is 2.00 bits per heavy atom. The summed E-state index contributed by atoms with van der Waals surface area (Å²) in [6, 6.07) is 0. The Morgan fingerprint density at radius 3 is 2.31 bits per heavy atom. The first-order valence-corrected chi connectivity index (χ1v) is 5.19. The largest absolute Gasteiger partial charge is 0.479 e. The van der Waals surface area contributed by atoms with Crippen molar-refractivity contribution in [1.82, 2.24) is 0 Å². The lowest BCUT2D eigenvalue weighted by molar-refractivity contribution is -0.187. The first-order chi connectivity index (χ1) is 7.22. The van der Waals surface area contributed by atoms with Crippen LogP contribution >= 0.6 is 0 Å². The van der Waals surface area contributed by atoms with E-state index in [1.165, 1.54) is 6.92 Å². The van der Waals surface area contributed by atoms with Gasteiger partial charge in [-0.1, -0.05) is 13.8 Å². The van der Waals surface area contributed by atoms with Gasteiger partial charge in [0.05, 0.1) is 12.0 Å². The van der Waals surface area contributed by atoms with Crippen molar-refractivity contribution in [2.24, 2.45) is 0 Å². The van der Waals surface area contributed by atoms with E-state index in [1.54, 1.807) is 0 Å². The SMILES string of the molecule is CC.CC1(CC(F)(F)F)CCC(C(=O)O)O1. The van der Waals surface area contributed by atoms with Gasteiger partial charge in [-0.25, -0.2) is 4.79 Å². The summed E-state index contributed by atoms with van der Waals surface area (Å²) in [4.78, 5) is 10.4. The fourth-order valence-corrected chi connectivity index (χ4v) is 1.63. The first kappa shape index (κ1) is 15.2. The van der Waals surface area contributed by atoms with Crippen LogP contribution in [0.4, 0.5) is 13.2 Å². The average Bonchev–Trinajstić information content (AvgIpc) is 2.48. The van der Waals surface area contributed by atoms with E-state index in [0.717, 1.165) is 0 Å². The van der Waals surface area contributed by atoms with Crippen LogP contribution in [0, 0.1) is 0 Å². The molecule has 16 heavy (non-hydrogen) atoms. The van der Waals surface area contributed by atoms with Gasteiger partial charge in [-0.3, -0.25) is 0 Å². The zero-order valence-electron chi connectivity index (χ0n) is 9.60. The smallest absolute Gasteiger partial charge is 0.391 e. The lowest BCUT2D eigenvalue weighted by Gasteiger charge is -2.25. The van der Waals surface area contributed by atoms with E-state index in [0.29, 0.717) is 0 Å². The number of carboxylic acids is 1. The van der Waals surface area contributed by atoms with E-state index in [1.807, 2.05) is 13.8 Å². The number of ether oxygens (including phenoxy) is 1. The number of hydrogen-bond acceptors (Lipinski definition) is 2. The average molecular weight is 242 g/mol. The lowest BCUT2D eigenvalue weighted by Crippen LogP contribution is -2.33. The second kappa shape index (κ2) is 5.52. The Bertz CT molecular complexity index is 240. The third-order valence-corrected chi connectivity index (χ3v) is 2.21. The van der Waals surface area contributed by atoms with E-state index >= 15 is 0 Å². The quantitative estimate of drug-likeness (QED) is 0.809. The van der Waals surface area contributed by atoms with Crippen LogP contribution in [-0.2, 0) is 9.53 Å². The van der Waals surface area contributed by atoms with Gasteiger partial charge in [0, 0.05) is 0 Å². The molecule has 3 nitrogen and oxygen atoms in total. The molecule has 0 aromatic carbocycles. The highest BCUT2D eigenvalue weighted by atomic mass is 19.4. The Labute approximate surface area is 92.6 Å². The van der Waals surface area contributed by atoms with Crippen molar-refractivity contribution in [3.63, 3.8) is 0 Å². The molecule has 0 bridgehead atoms. The number of rotatable bonds is 2. The summed E-state index contributed by atoms with van der Waals surface area (Å²) in [5.41, 5.74) is -1.37. The topological polar surface area (TPSA) is 46.5 Å². The summed E-state index contributed by atoms with van der Waals surface area (Å²) in [5.74, 6) is -1.20. The standard InChI is InChI=1S/C8H11F3O3.C2H6/c1-7(4-8(9,10)11)3-2-5(14-7)6(12)13;1-2/h5H,2-4H2,1H3,(H,12,13);1-2H3. The molecule has 1 rings (SSSR count). The van der Waals surface area contributed by atoms with E-state index < -0.39 is 30.3 Å². The summed E-state index contributed by atoms with van der Waals surface area (Å²) in [5, 5.41) is 8.54. The fraction of sp³-hybridized carbons (Fsp3) is 0.900. The molecule has 0 aromatic rings. The number of alkyl halides is 3. The molecule has 0 saturated carbocycles. The van der Waals surface area contributed by atoms with Gasteiger partial charge in [0.15, 0.2) is 6.10 Å². The number of hydrogen-bond donors (Lipinski definition) is 1. The van der Waals surface area contributed by atoms with E-state index in [2.05, 4.69) is 0 Å². The molecule has 1 aliphatic rings. The summed E-state index contributed by atoms with van der Waals surface area (Å²) >= 11 is 0. The van der Waals surface area contributed by atoms with Gasteiger partial charge in [-0.15, -0.1) is 0 Å². The summed E-state index contributed by atoms with van der Waals surface area (Å²) in [7, 11) is 0. The maximum absolute atomic E-state index is 12.1. The van der Waals surface area contributed by atoms with Gasteiger partial charge in [0.2, 0.25) is 0 Å². The van der Waals surface area contributed by atoms with Crippen LogP contribution < -0.4 is 0 Å². The Morgan fingerprint density at radius 1 is 1.50 bits per heavy atom. The van der Waals surface area contributed by atoms with Gasteiger partial charge in [0.25, 0.3) is 0 Å². The normalized spacial score (nSPS) is 29.5. The molecular formula is C10H17F3O3. The Hall–Kier alpha value is -0.780. The van der Waals surface area contributed by atoms with Crippen molar-refractivity contribution in [1.29, 1.82) is 0 Å². The van der Waals surface area contributed by atoms with Crippen molar-refractivity contribution < 1.29 is 27.8 Å². The number of aliphatic carboxylic acids is 1. The first-order valence-electron chi connectivity index (χ1n) is 5.19. The second-order valence-corrected chi connectivity index (χ2v) is 3.73. The molecule has 2 atom stereocenters. The molecule has 0 aliphatic carbocycles. The summed E-state index contributed by atoms with van der Waals surface area (Å²) < 4.78 is 41.0. The molecule has 1 aliphatic heterocycles. The van der Waals surface area contributed by atoms with Crippen molar-refractivity contribution in [3.8, 4) is 0 Å². The summed E-state index contributed by atoms with van der Waals surface area (Å²) in [6.07, 6.45) is -6.24. The zero-order chi connectivity index (χ0) is 13.0. The number of carboxylic acid groups (broad SMARTS) is 1. The van der Waals surface area contributed by atoms with Crippen LogP contribution in [0.3, 0.4) is 0 Å². The molecule has 0 amide bonds. The highest BCUT2D eigenvalue weighted by molar-refractivity contribution is 5.72. The molecule has 1 N–H and O–H groups in total. The van der Waals surface area contributed by atoms with Crippen molar-refractivity contribution in [2.75, 3.05) is 0 Å². The summed E-state index contributed by atoms with van der Waals surface area (Å²) in [6.45, 7) is 5.30. The van der Waals surface area contributed by atoms with Crippen LogP contribution in [0.5, 0.6) is 0 Å². The van der Waals surface area contributed by atoms with Gasteiger partial charge < -0.3 is 9.84 Å². The Balaban J connectivity index is 0.00000106. The molecule has 1 fully saturated rings. The second-order valence-electron chi connectivity index (χ2n) is 3.73. The molecule has 1 heterocycles. The molecule has 0 aromatic heterocycles. The van der Waals surface area contributed by atoms with E-state index in [4.69, 9.17) is 9.84 Å². The molecule has 2 unspecified atom stereocenters. The van der Waals surface area contributed by atoms with Crippen molar-refractivity contribution >= 4 is 5.97 Å². The van der Waals surface area contributed by atoms with Crippen LogP contribution in [0.15, 0.2) is 0 Å². The number of carbonyl (C=O) groups is 1. The molecule has 0 spiro atoms. The van der Waals surface area contributed by atoms with Crippen LogP contribution in [0.1, 0.15) is 40.0 Å². The third-order valence-electron chi connectivity index (χ3n) is 2.21. The minimum atomic E-state index is -4.32. The van der Waals surface area contributed by atoms with Gasteiger partial charge >= 0.3 is 12.1 Å². The van der Waals surface area contributed by atoms with Gasteiger partial charge in [0.1, 0.15) is 0 Å². The fourth-order valence-electron chi connectivity index (χ4n) is 1.63. The van der Waals surface area contributed by atoms with Crippen LogP contribution in [0.2, 0.25) is 0 Å². The van der Waals surface area contributed by atoms with Crippen molar-refractivity contribution in [2.45, 2.75) is 57.9 Å². The number of halogens is 3. The molecular weight excluding hydrogens is 225 g/mol. The highest BCUT2D eigenvalue weighted by Gasteiger charge is 2.46. The van der Waals surface area contributed by atoms with E-state index in [9.17, 15) is 18.0 Å². The van der Waals surface area contributed by atoms with Crippen LogP contribution in [-0.4, -0.2) is 29.0 Å². The van der Waals surface area contributed by atoms with Crippen molar-refractivity contribution in [3.05, 3.63) is 0 Å². The van der Waals surface area contributed by atoms with Gasteiger partial charge in [-0.05, 0) is 19.8 Å². The minimum Gasteiger partial charge on any atom is -0.479 e. The monoisotopic (exact) mass is 242 g/mol. The highest BCUT2D eigenvalue weighted by Crippen LogP contribution is 2.39. The minimum absolute atomic E-state index is 0.128. The van der Waals surface area contributed by atoms with Gasteiger partial charge in [-0.2, -0.15) is 13.2 Å². The third kappa shape index (κ3) is 4.83.